The fourth-order valence-corrected chi connectivity index (χ4v) is 3.79. The average Bonchev–Trinajstić information content (AvgIpc) is 2.66. The molecule has 0 aliphatic carbocycles. The molecular weight excluding hydrogens is 403 g/mol. The van der Waals surface area contributed by atoms with E-state index < -0.39 is 15.8 Å². The maximum Gasteiger partial charge on any atom is 0.261 e. The number of anilines is 2. The fraction of sp³-hybridized carbons (Fsp3) is 0.0500. The Morgan fingerprint density at radius 2 is 1.68 bits per heavy atom. The highest BCUT2D eigenvalue weighted by molar-refractivity contribution is 7.92. The van der Waals surface area contributed by atoms with Gasteiger partial charge in [0.15, 0.2) is 0 Å². The number of benzene rings is 3. The van der Waals surface area contributed by atoms with Crippen molar-refractivity contribution >= 4 is 38.9 Å². The Hall–Kier alpha value is -2.90. The number of halogens is 2. The van der Waals surface area contributed by atoms with Crippen LogP contribution in [0.2, 0.25) is 5.02 Å². The van der Waals surface area contributed by atoms with Gasteiger partial charge >= 0.3 is 0 Å². The maximum atomic E-state index is 13.2. The standard InChI is InChI=1S/C20H16ClFN2O3S/c1-13-4-2-3-5-19(13)23-20(25)14-6-8-15(9-7-14)24-28(26,27)16-10-11-18(22)17(21)12-16/h2-12,24H,1H3,(H,23,25). The molecule has 28 heavy (non-hydrogen) atoms. The molecule has 2 N–H and O–H groups in total. The van der Waals surface area contributed by atoms with Crippen molar-refractivity contribution in [1.29, 1.82) is 0 Å². The highest BCUT2D eigenvalue weighted by Crippen LogP contribution is 2.22. The van der Waals surface area contributed by atoms with Crippen LogP contribution in [0.5, 0.6) is 0 Å². The molecule has 0 aromatic heterocycles. The fourth-order valence-electron chi connectivity index (χ4n) is 2.46. The second kappa shape index (κ2) is 8.00. The van der Waals surface area contributed by atoms with E-state index >= 15 is 0 Å². The van der Waals surface area contributed by atoms with Gasteiger partial charge < -0.3 is 5.32 Å². The van der Waals surface area contributed by atoms with Crippen molar-refractivity contribution in [3.05, 3.63) is 88.7 Å². The van der Waals surface area contributed by atoms with Gasteiger partial charge in [-0.2, -0.15) is 0 Å². The van der Waals surface area contributed by atoms with Crippen molar-refractivity contribution in [1.82, 2.24) is 0 Å². The lowest BCUT2D eigenvalue weighted by Crippen LogP contribution is -2.14. The number of nitrogens with one attached hydrogen (secondary N) is 2. The molecule has 0 atom stereocenters. The summed E-state index contributed by atoms with van der Waals surface area (Å²) in [5, 5.41) is 2.52. The zero-order valence-electron chi connectivity index (χ0n) is 14.7. The Kier molecular flexibility index (Phi) is 5.67. The molecule has 0 bridgehead atoms. The summed E-state index contributed by atoms with van der Waals surface area (Å²) in [6.07, 6.45) is 0. The van der Waals surface area contributed by atoms with Gasteiger partial charge in [-0.05, 0) is 61.0 Å². The zero-order valence-corrected chi connectivity index (χ0v) is 16.3. The molecule has 8 heteroatoms. The molecule has 3 rings (SSSR count). The van der Waals surface area contributed by atoms with Crippen LogP contribution in [0.25, 0.3) is 0 Å². The van der Waals surface area contributed by atoms with Gasteiger partial charge in [0.1, 0.15) is 5.82 Å². The molecule has 0 saturated heterocycles. The third-order valence-corrected chi connectivity index (χ3v) is 5.66. The second-order valence-corrected chi connectivity index (χ2v) is 8.12. The molecule has 144 valence electrons. The molecule has 0 saturated carbocycles. The molecule has 0 spiro atoms. The van der Waals surface area contributed by atoms with Crippen LogP contribution in [0.3, 0.4) is 0 Å². The van der Waals surface area contributed by atoms with Crippen LogP contribution in [0.4, 0.5) is 15.8 Å². The van der Waals surface area contributed by atoms with Crippen molar-refractivity contribution in [3.63, 3.8) is 0 Å². The first-order chi connectivity index (χ1) is 13.3. The maximum absolute atomic E-state index is 13.2. The van der Waals surface area contributed by atoms with Gasteiger partial charge in [-0.15, -0.1) is 0 Å². The van der Waals surface area contributed by atoms with Crippen molar-refractivity contribution in [3.8, 4) is 0 Å². The van der Waals surface area contributed by atoms with Crippen molar-refractivity contribution in [2.75, 3.05) is 10.0 Å². The van der Waals surface area contributed by atoms with E-state index in [2.05, 4.69) is 10.0 Å². The van der Waals surface area contributed by atoms with Gasteiger partial charge in [0.2, 0.25) is 0 Å². The Balaban J connectivity index is 1.74. The molecule has 3 aromatic rings. The Morgan fingerprint density at radius 1 is 1.00 bits per heavy atom. The first-order valence-corrected chi connectivity index (χ1v) is 10.1. The molecule has 0 aliphatic rings. The van der Waals surface area contributed by atoms with Crippen LogP contribution in [0, 0.1) is 12.7 Å². The van der Waals surface area contributed by atoms with Crippen LogP contribution in [0.1, 0.15) is 15.9 Å². The van der Waals surface area contributed by atoms with E-state index in [1.807, 2.05) is 25.1 Å². The molecule has 0 fully saturated rings. The predicted octanol–water partition coefficient (Wildman–Crippen LogP) is 4.84. The van der Waals surface area contributed by atoms with Gasteiger partial charge in [0, 0.05) is 16.9 Å². The summed E-state index contributed by atoms with van der Waals surface area (Å²) in [5.41, 5.74) is 2.26. The minimum Gasteiger partial charge on any atom is -0.322 e. The number of carbonyl (C=O) groups is 1. The third-order valence-electron chi connectivity index (χ3n) is 3.99. The Bertz CT molecular complexity index is 1130. The van der Waals surface area contributed by atoms with Crippen molar-refractivity contribution < 1.29 is 17.6 Å². The largest absolute Gasteiger partial charge is 0.322 e. The van der Waals surface area contributed by atoms with Crippen LogP contribution in [-0.4, -0.2) is 14.3 Å². The smallest absolute Gasteiger partial charge is 0.261 e. The van der Waals surface area contributed by atoms with E-state index in [0.29, 0.717) is 11.3 Å². The number of sulfonamides is 1. The van der Waals surface area contributed by atoms with Gasteiger partial charge in [0.25, 0.3) is 15.9 Å². The van der Waals surface area contributed by atoms with E-state index in [-0.39, 0.29) is 21.5 Å². The summed E-state index contributed by atoms with van der Waals surface area (Å²) in [6.45, 7) is 1.88. The highest BCUT2D eigenvalue weighted by atomic mass is 35.5. The first kappa shape index (κ1) is 19.9. The van der Waals surface area contributed by atoms with Crippen LogP contribution < -0.4 is 10.0 Å². The number of rotatable bonds is 5. The first-order valence-electron chi connectivity index (χ1n) is 8.21. The SMILES string of the molecule is Cc1ccccc1NC(=O)c1ccc(NS(=O)(=O)c2ccc(F)c(Cl)c2)cc1. The summed E-state index contributed by atoms with van der Waals surface area (Å²) >= 11 is 5.64. The number of carbonyl (C=O) groups excluding carboxylic acids is 1. The summed E-state index contributed by atoms with van der Waals surface area (Å²) in [5.74, 6) is -1.02. The number of amides is 1. The number of hydrogen-bond donors (Lipinski definition) is 2. The molecule has 0 unspecified atom stereocenters. The highest BCUT2D eigenvalue weighted by Gasteiger charge is 2.16. The summed E-state index contributed by atoms with van der Waals surface area (Å²) in [6, 6.07) is 16.4. The van der Waals surface area contributed by atoms with Crippen LogP contribution >= 0.6 is 11.6 Å². The normalized spacial score (nSPS) is 11.1. The van der Waals surface area contributed by atoms with Crippen LogP contribution in [0.15, 0.2) is 71.6 Å². The molecule has 5 nitrogen and oxygen atoms in total. The number of aryl methyl sites for hydroxylation is 1. The van der Waals surface area contributed by atoms with Gasteiger partial charge in [-0.3, -0.25) is 9.52 Å². The summed E-state index contributed by atoms with van der Waals surface area (Å²) in [7, 11) is -3.94. The topological polar surface area (TPSA) is 75.3 Å². The molecule has 3 aromatic carbocycles. The zero-order chi connectivity index (χ0) is 20.3. The lowest BCUT2D eigenvalue weighted by molar-refractivity contribution is 0.102. The average molecular weight is 419 g/mol. The molecule has 0 radical (unpaired) electrons. The number of hydrogen-bond acceptors (Lipinski definition) is 3. The van der Waals surface area contributed by atoms with Gasteiger partial charge in [-0.25, -0.2) is 12.8 Å². The van der Waals surface area contributed by atoms with Crippen LogP contribution in [-0.2, 0) is 10.0 Å². The minimum atomic E-state index is -3.94. The predicted molar refractivity (Wildman–Crippen MR) is 108 cm³/mol. The summed E-state index contributed by atoms with van der Waals surface area (Å²) < 4.78 is 40.4. The molecule has 1 amide bonds. The molecule has 0 heterocycles. The van der Waals surface area contributed by atoms with E-state index in [1.54, 1.807) is 6.07 Å². The van der Waals surface area contributed by atoms with Gasteiger partial charge in [0.05, 0.1) is 9.92 Å². The lowest BCUT2D eigenvalue weighted by Gasteiger charge is -2.10. The summed E-state index contributed by atoms with van der Waals surface area (Å²) in [4.78, 5) is 12.2. The minimum absolute atomic E-state index is 0.166. The van der Waals surface area contributed by atoms with E-state index in [4.69, 9.17) is 11.6 Å². The molecule has 0 aliphatic heterocycles. The second-order valence-electron chi connectivity index (χ2n) is 6.03. The van der Waals surface area contributed by atoms with Gasteiger partial charge in [-0.1, -0.05) is 29.8 Å². The Morgan fingerprint density at radius 3 is 2.32 bits per heavy atom. The lowest BCUT2D eigenvalue weighted by atomic mass is 10.1. The third kappa shape index (κ3) is 4.49. The monoisotopic (exact) mass is 418 g/mol. The molecular formula is C20H16ClFN2O3S. The number of para-hydroxylation sites is 1. The Labute approximate surface area is 167 Å². The van der Waals surface area contributed by atoms with Crippen molar-refractivity contribution in [2.45, 2.75) is 11.8 Å². The quantitative estimate of drug-likeness (QED) is 0.622. The van der Waals surface area contributed by atoms with Crippen molar-refractivity contribution in [2.24, 2.45) is 0 Å². The van der Waals surface area contributed by atoms with E-state index in [1.165, 1.54) is 24.3 Å². The van der Waals surface area contributed by atoms with E-state index in [9.17, 15) is 17.6 Å². The van der Waals surface area contributed by atoms with E-state index in [0.717, 1.165) is 23.8 Å².